The Morgan fingerprint density at radius 1 is 1.60 bits per heavy atom. The molecule has 0 aliphatic heterocycles. The van der Waals surface area contributed by atoms with E-state index in [1.165, 1.54) is 12.8 Å². The Morgan fingerprint density at radius 3 is 2.50 bits per heavy atom. The van der Waals surface area contributed by atoms with E-state index in [0.29, 0.717) is 5.41 Å². The van der Waals surface area contributed by atoms with Gasteiger partial charge in [-0.25, -0.2) is 0 Å². The summed E-state index contributed by atoms with van der Waals surface area (Å²) in [5.41, 5.74) is 0.634. The van der Waals surface area contributed by atoms with E-state index < -0.39 is 0 Å². The first kappa shape index (κ1) is 8.39. The lowest BCUT2D eigenvalue weighted by Crippen LogP contribution is -2.07. The van der Waals surface area contributed by atoms with Gasteiger partial charge in [0.05, 0.1) is 0 Å². The number of hydrogen-bond donors (Lipinski definition) is 0. The zero-order valence-corrected chi connectivity index (χ0v) is 7.91. The molecule has 0 bridgehead atoms. The second-order valence-corrected chi connectivity index (χ2v) is 4.42. The van der Waals surface area contributed by atoms with Crippen molar-refractivity contribution in [3.63, 3.8) is 0 Å². The molecule has 0 spiro atoms. The first-order chi connectivity index (χ1) is 4.61. The van der Waals surface area contributed by atoms with Crippen LogP contribution in [0.2, 0.25) is 0 Å². The van der Waals surface area contributed by atoms with Gasteiger partial charge in [-0.15, -0.1) is 11.6 Å². The van der Waals surface area contributed by atoms with E-state index in [1.54, 1.807) is 0 Å². The van der Waals surface area contributed by atoms with Gasteiger partial charge in [-0.2, -0.15) is 0 Å². The van der Waals surface area contributed by atoms with Crippen LogP contribution in [0.4, 0.5) is 0 Å². The van der Waals surface area contributed by atoms with Crippen LogP contribution >= 0.6 is 11.6 Å². The number of alkyl halides is 1. The summed E-state index contributed by atoms with van der Waals surface area (Å²) < 4.78 is 0. The van der Waals surface area contributed by atoms with E-state index in [2.05, 4.69) is 20.8 Å². The highest BCUT2D eigenvalue weighted by Crippen LogP contribution is 2.58. The molecule has 0 aromatic carbocycles. The van der Waals surface area contributed by atoms with E-state index >= 15 is 0 Å². The summed E-state index contributed by atoms with van der Waals surface area (Å²) in [5.74, 6) is 2.60. The smallest absolute Gasteiger partial charge is 0.0226 e. The van der Waals surface area contributed by atoms with Crippen LogP contribution in [-0.2, 0) is 0 Å². The first-order valence-corrected chi connectivity index (χ1v) is 4.70. The second kappa shape index (κ2) is 2.73. The quantitative estimate of drug-likeness (QED) is 0.556. The third-order valence-electron chi connectivity index (χ3n) is 3.24. The predicted octanol–water partition coefficient (Wildman–Crippen LogP) is 3.30. The van der Waals surface area contributed by atoms with Gasteiger partial charge in [-0.1, -0.05) is 20.8 Å². The van der Waals surface area contributed by atoms with Crippen LogP contribution in [0.3, 0.4) is 0 Å². The van der Waals surface area contributed by atoms with Crippen molar-refractivity contribution < 1.29 is 0 Å². The zero-order valence-electron chi connectivity index (χ0n) is 7.15. The summed E-state index contributed by atoms with van der Waals surface area (Å²) in [4.78, 5) is 0. The van der Waals surface area contributed by atoms with Gasteiger partial charge in [-0.05, 0) is 30.1 Å². The zero-order chi connectivity index (χ0) is 7.78. The highest BCUT2D eigenvalue weighted by Gasteiger charge is 2.50. The third-order valence-corrected chi connectivity index (χ3v) is 3.45. The van der Waals surface area contributed by atoms with Gasteiger partial charge >= 0.3 is 0 Å². The lowest BCUT2D eigenvalue weighted by Gasteiger charge is -2.14. The van der Waals surface area contributed by atoms with Crippen molar-refractivity contribution >= 4 is 11.6 Å². The molecule has 60 valence electrons. The SMILES string of the molecule is CC(C)C1(C)CC1CCCl. The Kier molecular flexibility index (Phi) is 2.29. The van der Waals surface area contributed by atoms with Gasteiger partial charge in [0.25, 0.3) is 0 Å². The highest BCUT2D eigenvalue weighted by molar-refractivity contribution is 6.17. The van der Waals surface area contributed by atoms with E-state index in [0.717, 1.165) is 17.7 Å². The normalized spacial score (nSPS) is 38.7. The van der Waals surface area contributed by atoms with Crippen molar-refractivity contribution in [1.82, 2.24) is 0 Å². The van der Waals surface area contributed by atoms with E-state index in [4.69, 9.17) is 11.6 Å². The molecule has 0 heterocycles. The minimum Gasteiger partial charge on any atom is -0.127 e. The molecular formula is C9H17Cl. The molecule has 0 saturated heterocycles. The molecule has 1 rings (SSSR count). The van der Waals surface area contributed by atoms with Crippen molar-refractivity contribution in [2.75, 3.05) is 5.88 Å². The fourth-order valence-electron chi connectivity index (χ4n) is 1.74. The molecule has 1 heteroatoms. The molecule has 2 unspecified atom stereocenters. The molecule has 0 radical (unpaired) electrons. The van der Waals surface area contributed by atoms with Gasteiger partial charge < -0.3 is 0 Å². The molecule has 1 saturated carbocycles. The number of rotatable bonds is 3. The van der Waals surface area contributed by atoms with Crippen molar-refractivity contribution in [2.45, 2.75) is 33.6 Å². The summed E-state index contributed by atoms with van der Waals surface area (Å²) in [6.07, 6.45) is 2.62. The molecule has 0 aromatic rings. The minimum atomic E-state index is 0.634. The van der Waals surface area contributed by atoms with E-state index in [-0.39, 0.29) is 0 Å². The fourth-order valence-corrected chi connectivity index (χ4v) is 2.01. The molecule has 1 aliphatic rings. The summed E-state index contributed by atoms with van der Waals surface area (Å²) in [7, 11) is 0. The van der Waals surface area contributed by atoms with Crippen molar-refractivity contribution in [1.29, 1.82) is 0 Å². The monoisotopic (exact) mass is 160 g/mol. The standard InChI is InChI=1S/C9H17Cl/c1-7(2)9(3)6-8(9)4-5-10/h7-8H,4-6H2,1-3H3. The first-order valence-electron chi connectivity index (χ1n) is 4.17. The topological polar surface area (TPSA) is 0 Å². The molecular weight excluding hydrogens is 144 g/mol. The summed E-state index contributed by atoms with van der Waals surface area (Å²) >= 11 is 5.67. The largest absolute Gasteiger partial charge is 0.127 e. The molecule has 0 N–H and O–H groups in total. The van der Waals surface area contributed by atoms with Crippen LogP contribution in [0.25, 0.3) is 0 Å². The van der Waals surface area contributed by atoms with Gasteiger partial charge in [0.2, 0.25) is 0 Å². The highest BCUT2D eigenvalue weighted by atomic mass is 35.5. The van der Waals surface area contributed by atoms with Crippen molar-refractivity contribution in [3.05, 3.63) is 0 Å². The number of halogens is 1. The van der Waals surface area contributed by atoms with Crippen molar-refractivity contribution in [2.24, 2.45) is 17.3 Å². The van der Waals surface area contributed by atoms with Crippen molar-refractivity contribution in [3.8, 4) is 0 Å². The summed E-state index contributed by atoms with van der Waals surface area (Å²) in [6.45, 7) is 7.01. The molecule has 0 nitrogen and oxygen atoms in total. The summed E-state index contributed by atoms with van der Waals surface area (Å²) in [5, 5.41) is 0. The molecule has 0 amide bonds. The van der Waals surface area contributed by atoms with Crippen LogP contribution in [0.5, 0.6) is 0 Å². The molecule has 0 aromatic heterocycles. The van der Waals surface area contributed by atoms with E-state index in [9.17, 15) is 0 Å². The van der Waals surface area contributed by atoms with Crippen LogP contribution in [0.15, 0.2) is 0 Å². The Labute approximate surface area is 69.0 Å². The second-order valence-electron chi connectivity index (χ2n) is 4.04. The van der Waals surface area contributed by atoms with Crippen LogP contribution in [-0.4, -0.2) is 5.88 Å². The fraction of sp³-hybridized carbons (Fsp3) is 1.00. The molecule has 1 fully saturated rings. The van der Waals surface area contributed by atoms with Gasteiger partial charge in [0.1, 0.15) is 0 Å². The average molecular weight is 161 g/mol. The Hall–Kier alpha value is 0.290. The van der Waals surface area contributed by atoms with E-state index in [1.807, 2.05) is 0 Å². The Morgan fingerprint density at radius 2 is 2.20 bits per heavy atom. The molecule has 2 atom stereocenters. The summed E-state index contributed by atoms with van der Waals surface area (Å²) in [6, 6.07) is 0. The maximum absolute atomic E-state index is 5.67. The predicted molar refractivity (Wildman–Crippen MR) is 46.4 cm³/mol. The molecule has 1 aliphatic carbocycles. The lowest BCUT2D eigenvalue weighted by molar-refractivity contribution is 0.355. The average Bonchev–Trinajstić information content (AvgIpc) is 2.45. The maximum atomic E-state index is 5.67. The Balaban J connectivity index is 2.33. The minimum absolute atomic E-state index is 0.634. The van der Waals surface area contributed by atoms with Gasteiger partial charge in [-0.3, -0.25) is 0 Å². The number of hydrogen-bond acceptors (Lipinski definition) is 0. The van der Waals surface area contributed by atoms with Gasteiger partial charge in [0, 0.05) is 5.88 Å². The Bertz CT molecular complexity index is 120. The van der Waals surface area contributed by atoms with Crippen LogP contribution < -0.4 is 0 Å². The molecule has 10 heavy (non-hydrogen) atoms. The third kappa shape index (κ3) is 1.32. The lowest BCUT2D eigenvalue weighted by atomic mass is 9.91. The van der Waals surface area contributed by atoms with Gasteiger partial charge in [0.15, 0.2) is 0 Å². The van der Waals surface area contributed by atoms with Crippen LogP contribution in [0.1, 0.15) is 33.6 Å². The maximum Gasteiger partial charge on any atom is 0.0226 e. The van der Waals surface area contributed by atoms with Crippen LogP contribution in [0, 0.1) is 17.3 Å².